The number of halogens is 1. The van der Waals surface area contributed by atoms with Crippen LogP contribution >= 0.6 is 12.4 Å². The van der Waals surface area contributed by atoms with Gasteiger partial charge in [0.1, 0.15) is 0 Å². The van der Waals surface area contributed by atoms with Crippen LogP contribution in [0.2, 0.25) is 0 Å². The van der Waals surface area contributed by atoms with Crippen molar-refractivity contribution in [2.45, 2.75) is 58.5 Å². The second-order valence-electron chi connectivity index (χ2n) is 6.32. The molecule has 3 N–H and O–H groups in total. The Balaban J connectivity index is 0.00000400. The van der Waals surface area contributed by atoms with E-state index in [1.54, 1.807) is 4.90 Å². The summed E-state index contributed by atoms with van der Waals surface area (Å²) in [6.45, 7) is 6.02. The smallest absolute Gasteiger partial charge is 0.241 e. The minimum Gasteiger partial charge on any atom is -0.346 e. The number of hydrogen-bond acceptors (Lipinski definition) is 3. The summed E-state index contributed by atoms with van der Waals surface area (Å²) in [6, 6.07) is -0.256. The zero-order chi connectivity index (χ0) is 15.3. The van der Waals surface area contributed by atoms with Gasteiger partial charge in [-0.3, -0.25) is 9.59 Å². The van der Waals surface area contributed by atoms with E-state index in [4.69, 9.17) is 5.73 Å². The highest BCUT2D eigenvalue weighted by atomic mass is 35.5. The molecule has 1 aliphatic carbocycles. The standard InChI is InChI=1S/C15H29N3O2.ClH/c1-10(2)14(16)15(20)17-9-13(19)18(4)12-8-6-5-7-11(12)3;/h10-12,14H,5-9,16H2,1-4H3,(H,17,20);1H/t11?,12?,14-;/m0./s1. The lowest BCUT2D eigenvalue weighted by atomic mass is 9.85. The van der Waals surface area contributed by atoms with Gasteiger partial charge in [0.05, 0.1) is 12.6 Å². The Labute approximate surface area is 134 Å². The predicted molar refractivity (Wildman–Crippen MR) is 87.3 cm³/mol. The number of hydrogen-bond donors (Lipinski definition) is 2. The molecule has 21 heavy (non-hydrogen) atoms. The van der Waals surface area contributed by atoms with Crippen LogP contribution in [0.15, 0.2) is 0 Å². The molecule has 0 aromatic heterocycles. The zero-order valence-corrected chi connectivity index (χ0v) is 14.4. The number of nitrogens with one attached hydrogen (secondary N) is 1. The van der Waals surface area contributed by atoms with Crippen molar-refractivity contribution in [1.82, 2.24) is 10.2 Å². The highest BCUT2D eigenvalue weighted by molar-refractivity contribution is 5.87. The van der Waals surface area contributed by atoms with Crippen molar-refractivity contribution in [2.24, 2.45) is 17.6 Å². The maximum Gasteiger partial charge on any atom is 0.241 e. The van der Waals surface area contributed by atoms with Gasteiger partial charge in [-0.25, -0.2) is 0 Å². The SMILES string of the molecule is CC1CCCCC1N(C)C(=O)CNC(=O)[C@@H](N)C(C)C.Cl. The van der Waals surface area contributed by atoms with E-state index in [1.807, 2.05) is 20.9 Å². The fraction of sp³-hybridized carbons (Fsp3) is 0.867. The van der Waals surface area contributed by atoms with Crippen molar-refractivity contribution in [3.63, 3.8) is 0 Å². The summed E-state index contributed by atoms with van der Waals surface area (Å²) in [5.74, 6) is 0.319. The van der Waals surface area contributed by atoms with Crippen LogP contribution in [0.5, 0.6) is 0 Å². The minimum atomic E-state index is -0.554. The first-order valence-electron chi connectivity index (χ1n) is 7.63. The van der Waals surface area contributed by atoms with Gasteiger partial charge in [-0.1, -0.05) is 33.6 Å². The van der Waals surface area contributed by atoms with E-state index in [0.717, 1.165) is 6.42 Å². The fourth-order valence-corrected chi connectivity index (χ4v) is 2.77. The Morgan fingerprint density at radius 1 is 1.29 bits per heavy atom. The van der Waals surface area contributed by atoms with Gasteiger partial charge in [0.2, 0.25) is 11.8 Å². The Bertz CT molecular complexity index is 350. The first kappa shape index (κ1) is 20.2. The van der Waals surface area contributed by atoms with E-state index in [9.17, 15) is 9.59 Å². The second kappa shape index (κ2) is 9.26. The third-order valence-corrected chi connectivity index (χ3v) is 4.39. The molecule has 6 heteroatoms. The number of carbonyl (C=O) groups excluding carboxylic acids is 2. The van der Waals surface area contributed by atoms with Crippen LogP contribution in [0.4, 0.5) is 0 Å². The van der Waals surface area contributed by atoms with Crippen molar-refractivity contribution in [2.75, 3.05) is 13.6 Å². The summed E-state index contributed by atoms with van der Waals surface area (Å²) < 4.78 is 0. The normalized spacial score (nSPS) is 23.1. The largest absolute Gasteiger partial charge is 0.346 e. The van der Waals surface area contributed by atoms with E-state index in [0.29, 0.717) is 12.0 Å². The summed E-state index contributed by atoms with van der Waals surface area (Å²) in [4.78, 5) is 25.7. The van der Waals surface area contributed by atoms with Crippen molar-refractivity contribution in [3.8, 4) is 0 Å². The van der Waals surface area contributed by atoms with Gasteiger partial charge in [0, 0.05) is 13.1 Å². The second-order valence-corrected chi connectivity index (χ2v) is 6.32. The molecule has 5 nitrogen and oxygen atoms in total. The maximum atomic E-state index is 12.2. The first-order chi connectivity index (χ1) is 9.34. The zero-order valence-electron chi connectivity index (χ0n) is 13.6. The highest BCUT2D eigenvalue weighted by Gasteiger charge is 2.28. The van der Waals surface area contributed by atoms with E-state index in [-0.39, 0.29) is 36.7 Å². The van der Waals surface area contributed by atoms with Gasteiger partial charge in [-0.15, -0.1) is 12.4 Å². The molecule has 1 fully saturated rings. The minimum absolute atomic E-state index is 0. The lowest BCUT2D eigenvalue weighted by molar-refractivity contribution is -0.135. The van der Waals surface area contributed by atoms with Crippen molar-refractivity contribution in [1.29, 1.82) is 0 Å². The van der Waals surface area contributed by atoms with Gasteiger partial charge in [-0.05, 0) is 24.7 Å². The number of rotatable bonds is 5. The van der Waals surface area contributed by atoms with Crippen LogP contribution < -0.4 is 11.1 Å². The average molecular weight is 320 g/mol. The number of likely N-dealkylation sites (N-methyl/N-ethyl adjacent to an activating group) is 1. The van der Waals surface area contributed by atoms with Gasteiger partial charge in [0.25, 0.3) is 0 Å². The molecule has 0 radical (unpaired) electrons. The van der Waals surface area contributed by atoms with E-state index in [2.05, 4.69) is 12.2 Å². The van der Waals surface area contributed by atoms with Crippen LogP contribution in [0, 0.1) is 11.8 Å². The molecule has 0 aliphatic heterocycles. The maximum absolute atomic E-state index is 12.2. The summed E-state index contributed by atoms with van der Waals surface area (Å²) in [5.41, 5.74) is 5.75. The van der Waals surface area contributed by atoms with Crippen molar-refractivity contribution in [3.05, 3.63) is 0 Å². The third-order valence-electron chi connectivity index (χ3n) is 4.39. The van der Waals surface area contributed by atoms with Crippen LogP contribution in [0.3, 0.4) is 0 Å². The van der Waals surface area contributed by atoms with Gasteiger partial charge < -0.3 is 16.0 Å². The summed E-state index contributed by atoms with van der Waals surface area (Å²) >= 11 is 0. The number of carbonyl (C=O) groups is 2. The molecule has 1 aliphatic rings. The Hall–Kier alpha value is -0.810. The molecule has 0 heterocycles. The fourth-order valence-electron chi connectivity index (χ4n) is 2.77. The topological polar surface area (TPSA) is 75.4 Å². The molecule has 2 amide bonds. The molecule has 1 saturated carbocycles. The molecule has 0 spiro atoms. The summed E-state index contributed by atoms with van der Waals surface area (Å²) in [6.07, 6.45) is 4.66. The molecule has 3 atom stereocenters. The quantitative estimate of drug-likeness (QED) is 0.807. The molecule has 0 aromatic rings. The molecule has 124 valence electrons. The van der Waals surface area contributed by atoms with Crippen molar-refractivity contribution >= 4 is 24.2 Å². The Kier molecular flexibility index (Phi) is 8.90. The number of nitrogens with zero attached hydrogens (tertiary/aromatic N) is 1. The van der Waals surface area contributed by atoms with Gasteiger partial charge in [-0.2, -0.15) is 0 Å². The van der Waals surface area contributed by atoms with Crippen LogP contribution in [-0.4, -0.2) is 42.4 Å². The first-order valence-corrected chi connectivity index (χ1v) is 7.63. The highest BCUT2D eigenvalue weighted by Crippen LogP contribution is 2.27. The molecule has 0 saturated heterocycles. The molecule has 1 rings (SSSR count). The number of amides is 2. The van der Waals surface area contributed by atoms with E-state index < -0.39 is 6.04 Å². The van der Waals surface area contributed by atoms with E-state index >= 15 is 0 Å². The lowest BCUT2D eigenvalue weighted by Gasteiger charge is -2.36. The number of nitrogens with two attached hydrogens (primary N) is 1. The van der Waals surface area contributed by atoms with Crippen LogP contribution in [0.25, 0.3) is 0 Å². The molecule has 0 aromatic carbocycles. The molecule has 0 bridgehead atoms. The Morgan fingerprint density at radius 3 is 2.38 bits per heavy atom. The Morgan fingerprint density at radius 2 is 1.86 bits per heavy atom. The molecule has 2 unspecified atom stereocenters. The lowest BCUT2D eigenvalue weighted by Crippen LogP contribution is -2.50. The summed E-state index contributed by atoms with van der Waals surface area (Å²) in [5, 5.41) is 2.64. The predicted octanol–water partition coefficient (Wildman–Crippen LogP) is 1.54. The monoisotopic (exact) mass is 319 g/mol. The third kappa shape index (κ3) is 5.83. The molecular formula is C15H30ClN3O2. The average Bonchev–Trinajstić information content (AvgIpc) is 2.43. The molecular weight excluding hydrogens is 290 g/mol. The van der Waals surface area contributed by atoms with E-state index in [1.165, 1.54) is 19.3 Å². The summed E-state index contributed by atoms with van der Waals surface area (Å²) in [7, 11) is 1.84. The van der Waals surface area contributed by atoms with Gasteiger partial charge >= 0.3 is 0 Å². The van der Waals surface area contributed by atoms with Crippen molar-refractivity contribution < 1.29 is 9.59 Å². The van der Waals surface area contributed by atoms with Crippen LogP contribution in [0.1, 0.15) is 46.5 Å². The van der Waals surface area contributed by atoms with Gasteiger partial charge in [0.15, 0.2) is 0 Å². The van der Waals surface area contributed by atoms with Crippen LogP contribution in [-0.2, 0) is 9.59 Å².